The van der Waals surface area contributed by atoms with Gasteiger partial charge in [0.15, 0.2) is 0 Å². The third-order valence-electron chi connectivity index (χ3n) is 4.51. The number of hydrogen-bond donors (Lipinski definition) is 3. The maximum atomic E-state index is 11.2. The first-order valence-electron chi connectivity index (χ1n) is 9.73. The number of carbonyl (C=O) groups is 2. The molecule has 0 bridgehead atoms. The van der Waals surface area contributed by atoms with Gasteiger partial charge < -0.3 is 20.4 Å². The lowest BCUT2D eigenvalue weighted by Gasteiger charge is -2.26. The van der Waals surface area contributed by atoms with Crippen LogP contribution >= 0.6 is 0 Å². The Morgan fingerprint density at radius 2 is 1.72 bits per heavy atom. The SMILES string of the molecule is CC[C@@H](c1cccc(O)c1)[C@@H](C)CN(C)C.O=C(O)CNC(=O)c1ccccc1. The molecule has 2 aromatic rings. The van der Waals surface area contributed by atoms with Crippen molar-refractivity contribution in [2.45, 2.75) is 26.2 Å². The Labute approximate surface area is 173 Å². The number of phenolic OH excluding ortho intramolecular Hbond substituents is 1. The normalized spacial score (nSPS) is 12.4. The molecule has 0 spiro atoms. The highest BCUT2D eigenvalue weighted by Gasteiger charge is 2.18. The first-order valence-corrected chi connectivity index (χ1v) is 9.73. The summed E-state index contributed by atoms with van der Waals surface area (Å²) in [5, 5.41) is 20.1. The predicted molar refractivity (Wildman–Crippen MR) is 115 cm³/mol. The molecular weight excluding hydrogens is 368 g/mol. The summed E-state index contributed by atoms with van der Waals surface area (Å²) in [4.78, 5) is 23.5. The van der Waals surface area contributed by atoms with Crippen molar-refractivity contribution < 1.29 is 19.8 Å². The standard InChI is InChI=1S/C14H23NO.C9H9NO3/c1-5-14(11(2)10-15(3)4)12-7-6-8-13(16)9-12;11-8(12)6-10-9(13)7-4-2-1-3-5-7/h6-9,11,14,16H,5,10H2,1-4H3;1-5H,6H2,(H,10,13)(H,11,12)/t11-,14+;/m0./s1. The van der Waals surface area contributed by atoms with E-state index >= 15 is 0 Å². The number of benzene rings is 2. The zero-order valence-corrected chi connectivity index (χ0v) is 17.6. The minimum atomic E-state index is -1.05. The fourth-order valence-corrected chi connectivity index (χ4v) is 3.27. The maximum Gasteiger partial charge on any atom is 0.322 e. The summed E-state index contributed by atoms with van der Waals surface area (Å²) in [6.45, 7) is 5.21. The lowest BCUT2D eigenvalue weighted by molar-refractivity contribution is -0.135. The Morgan fingerprint density at radius 3 is 2.24 bits per heavy atom. The van der Waals surface area contributed by atoms with Gasteiger partial charge in [-0.2, -0.15) is 0 Å². The zero-order chi connectivity index (χ0) is 21.8. The van der Waals surface area contributed by atoms with Crippen molar-refractivity contribution in [1.82, 2.24) is 10.2 Å². The van der Waals surface area contributed by atoms with E-state index in [0.29, 0.717) is 23.1 Å². The topological polar surface area (TPSA) is 89.9 Å². The summed E-state index contributed by atoms with van der Waals surface area (Å²) in [5.41, 5.74) is 1.71. The number of carbonyl (C=O) groups excluding carboxylic acids is 1. The van der Waals surface area contributed by atoms with Crippen LogP contribution in [0.5, 0.6) is 5.75 Å². The summed E-state index contributed by atoms with van der Waals surface area (Å²) in [6, 6.07) is 16.1. The molecule has 2 aromatic carbocycles. The Morgan fingerprint density at radius 1 is 1.07 bits per heavy atom. The van der Waals surface area contributed by atoms with Crippen LogP contribution in [0.15, 0.2) is 54.6 Å². The van der Waals surface area contributed by atoms with Gasteiger partial charge in [-0.3, -0.25) is 9.59 Å². The average Bonchev–Trinajstić information content (AvgIpc) is 2.67. The average molecular weight is 401 g/mol. The molecular formula is C23H32N2O4. The molecule has 0 fully saturated rings. The number of rotatable bonds is 8. The molecule has 2 rings (SSSR count). The lowest BCUT2D eigenvalue weighted by Crippen LogP contribution is -2.29. The first kappa shape index (κ1) is 24.2. The van der Waals surface area contributed by atoms with Crippen LogP contribution in [0.2, 0.25) is 0 Å². The summed E-state index contributed by atoms with van der Waals surface area (Å²) < 4.78 is 0. The minimum absolute atomic E-state index is 0.353. The largest absolute Gasteiger partial charge is 0.508 e. The van der Waals surface area contributed by atoms with Gasteiger partial charge in [-0.1, -0.05) is 44.2 Å². The summed E-state index contributed by atoms with van der Waals surface area (Å²) >= 11 is 0. The highest BCUT2D eigenvalue weighted by Crippen LogP contribution is 2.30. The Bertz CT molecular complexity index is 762. The Hall–Kier alpha value is -2.86. The molecule has 0 aromatic heterocycles. The van der Waals surface area contributed by atoms with Crippen molar-refractivity contribution in [3.05, 3.63) is 65.7 Å². The number of aromatic hydroxyl groups is 1. The first-order chi connectivity index (χ1) is 13.7. The molecule has 158 valence electrons. The second-order valence-corrected chi connectivity index (χ2v) is 7.29. The van der Waals surface area contributed by atoms with Crippen LogP contribution in [0.3, 0.4) is 0 Å². The van der Waals surface area contributed by atoms with Crippen molar-refractivity contribution in [3.63, 3.8) is 0 Å². The van der Waals surface area contributed by atoms with Gasteiger partial charge in [0, 0.05) is 12.1 Å². The van der Waals surface area contributed by atoms with Crippen molar-refractivity contribution in [1.29, 1.82) is 0 Å². The van der Waals surface area contributed by atoms with E-state index in [0.717, 1.165) is 13.0 Å². The van der Waals surface area contributed by atoms with E-state index in [1.165, 1.54) is 5.56 Å². The molecule has 0 aliphatic carbocycles. The number of carboxylic acid groups (broad SMARTS) is 1. The third kappa shape index (κ3) is 9.25. The van der Waals surface area contributed by atoms with Gasteiger partial charge in [0.25, 0.3) is 5.91 Å². The highest BCUT2D eigenvalue weighted by molar-refractivity contribution is 5.95. The lowest BCUT2D eigenvalue weighted by atomic mass is 9.85. The van der Waals surface area contributed by atoms with Crippen molar-refractivity contribution >= 4 is 11.9 Å². The van der Waals surface area contributed by atoms with Gasteiger partial charge in [-0.15, -0.1) is 0 Å². The predicted octanol–water partition coefficient (Wildman–Crippen LogP) is 3.58. The van der Waals surface area contributed by atoms with Crippen molar-refractivity contribution in [2.75, 3.05) is 27.2 Å². The Balaban J connectivity index is 0.000000296. The number of phenols is 1. The molecule has 0 radical (unpaired) electrons. The molecule has 0 aliphatic rings. The van der Waals surface area contributed by atoms with Crippen LogP contribution in [0, 0.1) is 5.92 Å². The number of nitrogens with zero attached hydrogens (tertiary/aromatic N) is 1. The molecule has 3 N–H and O–H groups in total. The smallest absolute Gasteiger partial charge is 0.322 e. The molecule has 2 atom stereocenters. The number of nitrogens with one attached hydrogen (secondary N) is 1. The monoisotopic (exact) mass is 400 g/mol. The quantitative estimate of drug-likeness (QED) is 0.630. The van der Waals surface area contributed by atoms with Gasteiger partial charge in [-0.25, -0.2) is 0 Å². The fraction of sp³-hybridized carbons (Fsp3) is 0.391. The third-order valence-corrected chi connectivity index (χ3v) is 4.51. The molecule has 0 saturated heterocycles. The molecule has 0 unspecified atom stereocenters. The molecule has 0 aliphatic heterocycles. The van der Waals surface area contributed by atoms with Gasteiger partial charge in [0.05, 0.1) is 0 Å². The highest BCUT2D eigenvalue weighted by atomic mass is 16.4. The van der Waals surface area contributed by atoms with Crippen LogP contribution in [0.25, 0.3) is 0 Å². The van der Waals surface area contributed by atoms with E-state index in [1.54, 1.807) is 36.4 Å². The van der Waals surface area contributed by atoms with E-state index < -0.39 is 5.97 Å². The molecule has 0 heterocycles. The second-order valence-electron chi connectivity index (χ2n) is 7.29. The van der Waals surface area contributed by atoms with Crippen LogP contribution in [-0.4, -0.2) is 54.2 Å². The van der Waals surface area contributed by atoms with Crippen molar-refractivity contribution in [3.8, 4) is 5.75 Å². The summed E-state index contributed by atoms with van der Waals surface area (Å²) in [5.74, 6) is 0.0663. The Kier molecular flexibility index (Phi) is 10.5. The van der Waals surface area contributed by atoms with E-state index in [4.69, 9.17) is 5.11 Å². The molecule has 6 heteroatoms. The summed E-state index contributed by atoms with van der Waals surface area (Å²) in [7, 11) is 4.21. The number of amides is 1. The number of carboxylic acids is 1. The molecule has 0 saturated carbocycles. The van der Waals surface area contributed by atoms with Crippen molar-refractivity contribution in [2.24, 2.45) is 5.92 Å². The van der Waals surface area contributed by atoms with E-state index in [1.807, 2.05) is 12.1 Å². The summed E-state index contributed by atoms with van der Waals surface area (Å²) in [6.07, 6.45) is 1.11. The van der Waals surface area contributed by atoms with E-state index in [9.17, 15) is 14.7 Å². The minimum Gasteiger partial charge on any atom is -0.508 e. The molecule has 1 amide bonds. The van der Waals surface area contributed by atoms with Gasteiger partial charge in [0.2, 0.25) is 0 Å². The van der Waals surface area contributed by atoms with Gasteiger partial charge in [-0.05, 0) is 62.2 Å². The van der Waals surface area contributed by atoms with Crippen LogP contribution in [-0.2, 0) is 4.79 Å². The van der Waals surface area contributed by atoms with E-state index in [-0.39, 0.29) is 12.5 Å². The molecule has 6 nitrogen and oxygen atoms in total. The zero-order valence-electron chi connectivity index (χ0n) is 17.6. The maximum absolute atomic E-state index is 11.2. The number of aliphatic carboxylic acids is 1. The fourth-order valence-electron chi connectivity index (χ4n) is 3.27. The number of hydrogen-bond acceptors (Lipinski definition) is 4. The van der Waals surface area contributed by atoms with Crippen LogP contribution in [0.1, 0.15) is 42.1 Å². The molecule has 29 heavy (non-hydrogen) atoms. The van der Waals surface area contributed by atoms with Crippen LogP contribution in [0.4, 0.5) is 0 Å². The van der Waals surface area contributed by atoms with Gasteiger partial charge >= 0.3 is 5.97 Å². The van der Waals surface area contributed by atoms with E-state index in [2.05, 4.69) is 44.2 Å². The van der Waals surface area contributed by atoms with Crippen LogP contribution < -0.4 is 5.32 Å². The second kappa shape index (κ2) is 12.6. The van der Waals surface area contributed by atoms with Gasteiger partial charge in [0.1, 0.15) is 12.3 Å².